The maximum Gasteiger partial charge on any atom is 0.409 e. The molecule has 1 aromatic rings. The normalized spacial score (nSPS) is 11.8. The Labute approximate surface area is 95.6 Å². The van der Waals surface area contributed by atoms with Crippen molar-refractivity contribution >= 4 is 5.91 Å². The van der Waals surface area contributed by atoms with Crippen molar-refractivity contribution in [2.75, 3.05) is 0 Å². The minimum atomic E-state index is -4.48. The van der Waals surface area contributed by atoms with Gasteiger partial charge in [0.1, 0.15) is 6.33 Å². The lowest BCUT2D eigenvalue weighted by Gasteiger charge is -2.02. The lowest BCUT2D eigenvalue weighted by Crippen LogP contribution is -2.21. The van der Waals surface area contributed by atoms with Gasteiger partial charge < -0.3 is 5.32 Å². The Kier molecular flexibility index (Phi) is 4.19. The number of hydrogen-bond donors (Lipinski definition) is 1. The van der Waals surface area contributed by atoms with Gasteiger partial charge in [-0.3, -0.25) is 4.79 Å². The Balaban J connectivity index is 2.46. The number of nitrogens with one attached hydrogen (secondary N) is 1. The van der Waals surface area contributed by atoms with Crippen molar-refractivity contribution in [1.29, 1.82) is 0 Å². The lowest BCUT2D eigenvalue weighted by molar-refractivity contribution is -0.117. The summed E-state index contributed by atoms with van der Waals surface area (Å²) in [5.74, 6) is -0.821. The van der Waals surface area contributed by atoms with E-state index >= 15 is 0 Å². The molecule has 1 rings (SSSR count). The Morgan fingerprint density at radius 2 is 2.18 bits per heavy atom. The van der Waals surface area contributed by atoms with Crippen LogP contribution < -0.4 is 5.32 Å². The van der Waals surface area contributed by atoms with Crippen LogP contribution in [0.2, 0.25) is 0 Å². The number of carbonyl (C=O) groups excluding carboxylic acids is 1. The van der Waals surface area contributed by atoms with Gasteiger partial charge in [0.25, 0.3) is 0 Å². The third-order valence-electron chi connectivity index (χ3n) is 1.73. The Hall–Kier alpha value is -1.92. The molecule has 0 saturated carbocycles. The van der Waals surface area contributed by atoms with Crippen molar-refractivity contribution < 1.29 is 18.0 Å². The van der Waals surface area contributed by atoms with Gasteiger partial charge in [-0.25, -0.2) is 9.97 Å². The van der Waals surface area contributed by atoms with E-state index in [1.54, 1.807) is 13.0 Å². The molecule has 0 fully saturated rings. The van der Waals surface area contributed by atoms with Gasteiger partial charge in [-0.05, 0) is 13.0 Å². The van der Waals surface area contributed by atoms with Gasteiger partial charge in [0, 0.05) is 17.8 Å². The third kappa shape index (κ3) is 5.64. The molecular formula is C10H10F3N3O. The van der Waals surface area contributed by atoms with Crippen LogP contribution >= 0.6 is 0 Å². The van der Waals surface area contributed by atoms with E-state index in [9.17, 15) is 18.0 Å². The van der Waals surface area contributed by atoms with E-state index < -0.39 is 12.1 Å². The molecule has 17 heavy (non-hydrogen) atoms. The van der Waals surface area contributed by atoms with Crippen LogP contribution in [0.25, 0.3) is 0 Å². The van der Waals surface area contributed by atoms with Crippen LogP contribution in [0.5, 0.6) is 0 Å². The summed E-state index contributed by atoms with van der Waals surface area (Å²) in [6, 6.07) is 1.63. The Bertz CT molecular complexity index is 429. The lowest BCUT2D eigenvalue weighted by atomic mass is 10.3. The molecule has 0 aliphatic carbocycles. The van der Waals surface area contributed by atoms with Crippen molar-refractivity contribution in [3.05, 3.63) is 35.9 Å². The number of aromatic nitrogens is 2. The van der Waals surface area contributed by atoms with Gasteiger partial charge in [0.15, 0.2) is 0 Å². The van der Waals surface area contributed by atoms with Crippen LogP contribution in [0.4, 0.5) is 13.2 Å². The minimum absolute atomic E-state index is 0.0599. The van der Waals surface area contributed by atoms with E-state index in [1.807, 2.05) is 0 Å². The van der Waals surface area contributed by atoms with Crippen LogP contribution in [-0.2, 0) is 11.3 Å². The summed E-state index contributed by atoms with van der Waals surface area (Å²) < 4.78 is 35.2. The molecule has 92 valence electrons. The first-order valence-corrected chi connectivity index (χ1v) is 4.68. The summed E-state index contributed by atoms with van der Waals surface area (Å²) in [6.07, 6.45) is -2.84. The first-order chi connectivity index (χ1) is 7.87. The molecule has 4 nitrogen and oxygen atoms in total. The first-order valence-electron chi connectivity index (χ1n) is 4.68. The van der Waals surface area contributed by atoms with Crippen LogP contribution in [0, 0.1) is 6.92 Å². The quantitative estimate of drug-likeness (QED) is 0.821. The number of hydrogen-bond acceptors (Lipinski definition) is 3. The molecule has 0 bridgehead atoms. The van der Waals surface area contributed by atoms with Crippen molar-refractivity contribution in [3.63, 3.8) is 0 Å². The van der Waals surface area contributed by atoms with E-state index in [-0.39, 0.29) is 12.6 Å². The van der Waals surface area contributed by atoms with Crippen LogP contribution in [0.1, 0.15) is 11.4 Å². The molecule has 0 aliphatic heterocycles. The number of nitrogens with zero attached hydrogens (tertiary/aromatic N) is 2. The minimum Gasteiger partial charge on any atom is -0.347 e. The fourth-order valence-corrected chi connectivity index (χ4v) is 1.01. The molecule has 0 aromatic carbocycles. The average molecular weight is 245 g/mol. The summed E-state index contributed by atoms with van der Waals surface area (Å²) in [4.78, 5) is 18.7. The number of carbonyl (C=O) groups is 1. The van der Waals surface area contributed by atoms with Gasteiger partial charge in [-0.2, -0.15) is 13.2 Å². The Morgan fingerprint density at radius 3 is 2.76 bits per heavy atom. The molecule has 1 N–H and O–H groups in total. The van der Waals surface area contributed by atoms with E-state index in [0.717, 1.165) is 5.69 Å². The monoisotopic (exact) mass is 245 g/mol. The van der Waals surface area contributed by atoms with E-state index in [0.29, 0.717) is 11.8 Å². The predicted molar refractivity (Wildman–Crippen MR) is 53.8 cm³/mol. The SMILES string of the molecule is Cc1cc(CNC(=O)/C=C/C(F)(F)F)ncn1. The van der Waals surface area contributed by atoms with Crippen molar-refractivity contribution in [2.45, 2.75) is 19.6 Å². The molecule has 1 heterocycles. The molecule has 1 amide bonds. The second kappa shape index (κ2) is 5.42. The summed E-state index contributed by atoms with van der Waals surface area (Å²) in [5.41, 5.74) is 1.25. The maximum atomic E-state index is 11.7. The Morgan fingerprint density at radius 1 is 1.47 bits per heavy atom. The molecule has 7 heteroatoms. The predicted octanol–water partition coefficient (Wildman–Crippen LogP) is 1.52. The fourth-order valence-electron chi connectivity index (χ4n) is 1.01. The number of alkyl halides is 3. The molecule has 0 radical (unpaired) electrons. The van der Waals surface area contributed by atoms with Crippen molar-refractivity contribution in [3.8, 4) is 0 Å². The standard InChI is InChI=1S/C10H10F3N3O/c1-7-4-8(16-6-15-7)5-14-9(17)2-3-10(11,12)13/h2-4,6H,5H2,1H3,(H,14,17)/b3-2+. The van der Waals surface area contributed by atoms with Gasteiger partial charge in [-0.1, -0.05) is 0 Å². The largest absolute Gasteiger partial charge is 0.409 e. The highest BCUT2D eigenvalue weighted by Gasteiger charge is 2.22. The van der Waals surface area contributed by atoms with Crippen LogP contribution in [0.15, 0.2) is 24.5 Å². The summed E-state index contributed by atoms with van der Waals surface area (Å²) in [7, 11) is 0. The van der Waals surface area contributed by atoms with Crippen molar-refractivity contribution in [2.24, 2.45) is 0 Å². The van der Waals surface area contributed by atoms with Crippen LogP contribution in [-0.4, -0.2) is 22.1 Å². The van der Waals surface area contributed by atoms with E-state index in [1.165, 1.54) is 6.33 Å². The molecule has 0 atom stereocenters. The van der Waals surface area contributed by atoms with Gasteiger partial charge >= 0.3 is 6.18 Å². The first kappa shape index (κ1) is 13.1. The molecule has 0 saturated heterocycles. The highest BCUT2D eigenvalue weighted by molar-refractivity contribution is 5.87. The number of amides is 1. The number of rotatable bonds is 3. The maximum absolute atomic E-state index is 11.7. The summed E-state index contributed by atoms with van der Waals surface area (Å²) in [6.45, 7) is 1.81. The number of allylic oxidation sites excluding steroid dienone is 1. The molecule has 0 aliphatic rings. The molecule has 1 aromatic heterocycles. The number of aryl methyl sites for hydroxylation is 1. The van der Waals surface area contributed by atoms with Gasteiger partial charge in [0.2, 0.25) is 5.91 Å². The highest BCUT2D eigenvalue weighted by atomic mass is 19.4. The summed E-state index contributed by atoms with van der Waals surface area (Å²) in [5, 5.41) is 2.28. The molecular weight excluding hydrogens is 235 g/mol. The zero-order valence-corrected chi connectivity index (χ0v) is 8.95. The molecule has 0 spiro atoms. The fraction of sp³-hybridized carbons (Fsp3) is 0.300. The van der Waals surface area contributed by atoms with Gasteiger partial charge in [-0.15, -0.1) is 0 Å². The smallest absolute Gasteiger partial charge is 0.347 e. The topological polar surface area (TPSA) is 54.9 Å². The zero-order valence-electron chi connectivity index (χ0n) is 8.95. The van der Waals surface area contributed by atoms with Crippen LogP contribution in [0.3, 0.4) is 0 Å². The van der Waals surface area contributed by atoms with Crippen molar-refractivity contribution in [1.82, 2.24) is 15.3 Å². The third-order valence-corrected chi connectivity index (χ3v) is 1.73. The highest BCUT2D eigenvalue weighted by Crippen LogP contribution is 2.15. The van der Waals surface area contributed by atoms with E-state index in [2.05, 4.69) is 15.3 Å². The number of halogens is 3. The van der Waals surface area contributed by atoms with Gasteiger partial charge in [0.05, 0.1) is 12.2 Å². The van der Waals surface area contributed by atoms with E-state index in [4.69, 9.17) is 0 Å². The second-order valence-corrected chi connectivity index (χ2v) is 3.24. The second-order valence-electron chi connectivity index (χ2n) is 3.24. The average Bonchev–Trinajstić information content (AvgIpc) is 2.23. The zero-order chi connectivity index (χ0) is 12.9. The summed E-state index contributed by atoms with van der Waals surface area (Å²) >= 11 is 0. The molecule has 0 unspecified atom stereocenters.